The van der Waals surface area contributed by atoms with Crippen LogP contribution in [-0.4, -0.2) is 13.2 Å². The minimum Gasteiger partial charge on any atom is -0.489 e. The molecule has 21 heavy (non-hydrogen) atoms. The van der Waals surface area contributed by atoms with Crippen molar-refractivity contribution in [2.24, 2.45) is 0 Å². The summed E-state index contributed by atoms with van der Waals surface area (Å²) in [6.07, 6.45) is 0.921. The van der Waals surface area contributed by atoms with E-state index in [0.717, 1.165) is 12.0 Å². The average Bonchev–Trinajstić information content (AvgIpc) is 2.53. The normalized spacial score (nSPS) is 22.2. The molecule has 2 aromatic carbocycles. The molecule has 0 aromatic heterocycles. The summed E-state index contributed by atoms with van der Waals surface area (Å²) in [5.41, 5.74) is 2.28. The van der Waals surface area contributed by atoms with Gasteiger partial charge in [-0.25, -0.2) is 4.39 Å². The molecule has 2 nitrogen and oxygen atoms in total. The molecule has 1 heterocycles. The van der Waals surface area contributed by atoms with Crippen LogP contribution in [0.25, 0.3) is 0 Å². The molecule has 0 bridgehead atoms. The molecule has 0 aliphatic carbocycles. The Morgan fingerprint density at radius 2 is 1.95 bits per heavy atom. The van der Waals surface area contributed by atoms with Crippen LogP contribution in [-0.2, 0) is 0 Å². The van der Waals surface area contributed by atoms with Crippen LogP contribution < -0.4 is 10.1 Å². The zero-order valence-electron chi connectivity index (χ0n) is 12.3. The van der Waals surface area contributed by atoms with Crippen molar-refractivity contribution in [3.8, 4) is 5.75 Å². The van der Waals surface area contributed by atoms with Crippen molar-refractivity contribution in [3.05, 3.63) is 65.5 Å². The van der Waals surface area contributed by atoms with Crippen LogP contribution in [0.4, 0.5) is 4.39 Å². The fourth-order valence-electron chi connectivity index (χ4n) is 3.02. The monoisotopic (exact) mass is 285 g/mol. The van der Waals surface area contributed by atoms with Crippen LogP contribution in [0.1, 0.15) is 36.4 Å². The highest BCUT2D eigenvalue weighted by Gasteiger charge is 2.31. The molecule has 0 radical (unpaired) electrons. The second-order valence-electron chi connectivity index (χ2n) is 5.61. The molecular weight excluding hydrogens is 265 g/mol. The number of fused-ring (bicyclic) bond motifs is 1. The van der Waals surface area contributed by atoms with Gasteiger partial charge in [0.2, 0.25) is 0 Å². The quantitative estimate of drug-likeness (QED) is 0.919. The van der Waals surface area contributed by atoms with Gasteiger partial charge in [-0.05, 0) is 18.7 Å². The van der Waals surface area contributed by atoms with Gasteiger partial charge in [0.05, 0.1) is 0 Å². The summed E-state index contributed by atoms with van der Waals surface area (Å²) in [6.45, 7) is 2.16. The topological polar surface area (TPSA) is 21.3 Å². The lowest BCUT2D eigenvalue weighted by Gasteiger charge is -2.35. The lowest BCUT2D eigenvalue weighted by molar-refractivity contribution is 0.129. The van der Waals surface area contributed by atoms with Crippen molar-refractivity contribution in [1.29, 1.82) is 0 Å². The highest BCUT2D eigenvalue weighted by atomic mass is 19.1. The first-order valence-corrected chi connectivity index (χ1v) is 7.37. The number of hydrogen-bond donors (Lipinski definition) is 1. The minimum atomic E-state index is -0.253. The molecule has 0 saturated heterocycles. The van der Waals surface area contributed by atoms with Gasteiger partial charge >= 0.3 is 0 Å². The first-order valence-electron chi connectivity index (χ1n) is 7.37. The number of ether oxygens (including phenoxy) is 1. The predicted molar refractivity (Wildman–Crippen MR) is 82.1 cm³/mol. The summed E-state index contributed by atoms with van der Waals surface area (Å²) in [6, 6.07) is 15.3. The first-order chi connectivity index (χ1) is 10.2. The third kappa shape index (κ3) is 2.79. The molecule has 0 saturated carbocycles. The van der Waals surface area contributed by atoms with E-state index in [1.54, 1.807) is 0 Å². The molecule has 3 heteroatoms. The average molecular weight is 285 g/mol. The molecule has 1 aliphatic heterocycles. The Bertz CT molecular complexity index is 614. The van der Waals surface area contributed by atoms with Gasteiger partial charge in [-0.2, -0.15) is 0 Å². The van der Waals surface area contributed by atoms with Crippen molar-refractivity contribution < 1.29 is 9.13 Å². The second-order valence-corrected chi connectivity index (χ2v) is 5.61. The molecule has 2 aromatic rings. The van der Waals surface area contributed by atoms with Crippen LogP contribution >= 0.6 is 0 Å². The lowest BCUT2D eigenvalue weighted by atomic mass is 9.87. The van der Waals surface area contributed by atoms with Crippen LogP contribution in [0.3, 0.4) is 0 Å². The molecule has 1 N–H and O–H groups in total. The van der Waals surface area contributed by atoms with E-state index >= 15 is 0 Å². The Hall–Kier alpha value is -1.87. The van der Waals surface area contributed by atoms with Gasteiger partial charge in [0.15, 0.2) is 0 Å². The van der Waals surface area contributed by atoms with Crippen LogP contribution in [0.15, 0.2) is 48.5 Å². The molecular formula is C18H20FNO. The fourth-order valence-corrected chi connectivity index (χ4v) is 3.02. The van der Waals surface area contributed by atoms with Crippen LogP contribution in [0.5, 0.6) is 5.75 Å². The summed E-state index contributed by atoms with van der Waals surface area (Å²) in [4.78, 5) is 0. The maximum Gasteiger partial charge on any atom is 0.127 e. The molecule has 0 fully saturated rings. The number of nitrogens with one attached hydrogen (secondary N) is 1. The molecule has 3 unspecified atom stereocenters. The van der Waals surface area contributed by atoms with Crippen molar-refractivity contribution in [3.63, 3.8) is 0 Å². The summed E-state index contributed by atoms with van der Waals surface area (Å²) in [7, 11) is 1.94. The smallest absolute Gasteiger partial charge is 0.127 e. The number of benzene rings is 2. The highest BCUT2D eigenvalue weighted by molar-refractivity contribution is 5.39. The van der Waals surface area contributed by atoms with Gasteiger partial charge in [0.25, 0.3) is 0 Å². The van der Waals surface area contributed by atoms with Gasteiger partial charge in [0.1, 0.15) is 17.7 Å². The van der Waals surface area contributed by atoms with Gasteiger partial charge in [-0.15, -0.1) is 0 Å². The van der Waals surface area contributed by atoms with Gasteiger partial charge < -0.3 is 10.1 Å². The summed E-state index contributed by atoms with van der Waals surface area (Å²) in [5, 5.41) is 3.31. The second kappa shape index (κ2) is 5.86. The standard InChI is InChI=1S/C18H20FNO/c1-12(13-6-4-3-5-7-13)17-11-16(20-2)15-9-8-14(19)10-18(15)21-17/h3-10,12,16-17,20H,11H2,1-2H3. The Kier molecular flexibility index (Phi) is 3.93. The Labute approximate surface area is 125 Å². The number of rotatable bonds is 3. The number of halogens is 1. The van der Waals surface area contributed by atoms with E-state index in [-0.39, 0.29) is 23.9 Å². The Morgan fingerprint density at radius 3 is 2.67 bits per heavy atom. The molecule has 1 aliphatic rings. The SMILES string of the molecule is CNC1CC(C(C)c2ccccc2)Oc2cc(F)ccc21. The molecule has 0 amide bonds. The summed E-state index contributed by atoms with van der Waals surface area (Å²) in [5.74, 6) is 0.670. The molecule has 3 atom stereocenters. The van der Waals surface area contributed by atoms with Crippen LogP contribution in [0, 0.1) is 5.82 Å². The van der Waals surface area contributed by atoms with E-state index in [0.29, 0.717) is 5.75 Å². The van der Waals surface area contributed by atoms with Gasteiger partial charge in [-0.3, -0.25) is 0 Å². The molecule has 0 spiro atoms. The maximum absolute atomic E-state index is 13.5. The number of hydrogen-bond acceptors (Lipinski definition) is 2. The van der Waals surface area contributed by atoms with E-state index in [1.807, 2.05) is 31.3 Å². The Balaban J connectivity index is 1.89. The largest absolute Gasteiger partial charge is 0.489 e. The van der Waals surface area contributed by atoms with Crippen molar-refractivity contribution in [1.82, 2.24) is 5.32 Å². The van der Waals surface area contributed by atoms with E-state index in [4.69, 9.17) is 4.74 Å². The van der Waals surface area contributed by atoms with Crippen molar-refractivity contribution >= 4 is 0 Å². The van der Waals surface area contributed by atoms with E-state index < -0.39 is 0 Å². The zero-order chi connectivity index (χ0) is 14.8. The fraction of sp³-hybridized carbons (Fsp3) is 0.333. The van der Waals surface area contributed by atoms with Crippen molar-refractivity contribution in [2.75, 3.05) is 7.05 Å². The lowest BCUT2D eigenvalue weighted by Crippen LogP contribution is -2.34. The van der Waals surface area contributed by atoms with Gasteiger partial charge in [0, 0.05) is 30.0 Å². The van der Waals surface area contributed by atoms with E-state index in [9.17, 15) is 4.39 Å². The highest BCUT2D eigenvalue weighted by Crippen LogP contribution is 2.39. The third-order valence-corrected chi connectivity index (χ3v) is 4.33. The van der Waals surface area contributed by atoms with E-state index in [2.05, 4.69) is 24.4 Å². The maximum atomic E-state index is 13.5. The third-order valence-electron chi connectivity index (χ3n) is 4.33. The Morgan fingerprint density at radius 1 is 1.19 bits per heavy atom. The zero-order valence-corrected chi connectivity index (χ0v) is 12.3. The van der Waals surface area contributed by atoms with Crippen molar-refractivity contribution in [2.45, 2.75) is 31.4 Å². The van der Waals surface area contributed by atoms with E-state index in [1.165, 1.54) is 17.7 Å². The first kappa shape index (κ1) is 14.1. The minimum absolute atomic E-state index is 0.0409. The molecule has 110 valence electrons. The summed E-state index contributed by atoms with van der Waals surface area (Å²) >= 11 is 0. The predicted octanol–water partition coefficient (Wildman–Crippen LogP) is 4.04. The molecule has 3 rings (SSSR count). The van der Waals surface area contributed by atoms with Crippen LogP contribution in [0.2, 0.25) is 0 Å². The van der Waals surface area contributed by atoms with Gasteiger partial charge in [-0.1, -0.05) is 43.3 Å². The summed E-state index contributed by atoms with van der Waals surface area (Å²) < 4.78 is 19.6.